The van der Waals surface area contributed by atoms with Crippen molar-refractivity contribution in [3.8, 4) is 0 Å². The van der Waals surface area contributed by atoms with Gasteiger partial charge in [-0.3, -0.25) is 0 Å². The molecule has 0 fully saturated rings. The van der Waals surface area contributed by atoms with E-state index in [1.807, 2.05) is 0 Å². The molecule has 1 nitrogen and oxygen atoms in total. The van der Waals surface area contributed by atoms with Gasteiger partial charge in [0.2, 0.25) is 0 Å². The highest BCUT2D eigenvalue weighted by atomic mass is 15.1. The molecule has 0 saturated heterocycles. The van der Waals surface area contributed by atoms with Gasteiger partial charge in [-0.05, 0) is 43.5 Å². The molecule has 1 radical (unpaired) electrons. The minimum atomic E-state index is 1.20. The summed E-state index contributed by atoms with van der Waals surface area (Å²) in [6, 6.07) is 9.81. The van der Waals surface area contributed by atoms with E-state index in [2.05, 4.69) is 49.9 Å². The van der Waals surface area contributed by atoms with E-state index in [4.69, 9.17) is 0 Å². The number of benzene rings is 1. The molecule has 0 heterocycles. The third-order valence-corrected chi connectivity index (χ3v) is 3.86. The topological polar surface area (TPSA) is 3.24 Å². The average Bonchev–Trinajstić information content (AvgIpc) is 2.45. The minimum absolute atomic E-state index is 1.20. The molecule has 1 heteroatoms. The Morgan fingerprint density at radius 2 is 1.50 bits per heavy atom. The second kappa shape index (κ2) is 10.8. The summed E-state index contributed by atoms with van der Waals surface area (Å²) in [5, 5.41) is 0. The Hall–Kier alpha value is -0.980. The van der Waals surface area contributed by atoms with Gasteiger partial charge in [0.05, 0.1) is 0 Å². The first-order valence-corrected chi connectivity index (χ1v) is 8.51. The molecule has 20 heavy (non-hydrogen) atoms. The van der Waals surface area contributed by atoms with Crippen molar-refractivity contribution < 1.29 is 0 Å². The Morgan fingerprint density at radius 1 is 0.900 bits per heavy atom. The number of hydrogen-bond acceptors (Lipinski definition) is 1. The van der Waals surface area contributed by atoms with E-state index in [1.165, 1.54) is 75.7 Å². The predicted octanol–water partition coefficient (Wildman–Crippen LogP) is 5.76. The summed E-state index contributed by atoms with van der Waals surface area (Å²) in [5.74, 6) is 0. The number of hydrogen-bond donors (Lipinski definition) is 0. The lowest BCUT2D eigenvalue weighted by Gasteiger charge is -2.25. The number of unbranched alkanes of at least 4 members (excludes halogenated alkanes) is 6. The summed E-state index contributed by atoms with van der Waals surface area (Å²) in [4.78, 5) is 2.58. The first-order chi connectivity index (χ1) is 9.77. The largest absolute Gasteiger partial charge is 0.372 e. The molecule has 0 aliphatic rings. The second-order valence-corrected chi connectivity index (χ2v) is 5.84. The van der Waals surface area contributed by atoms with Crippen molar-refractivity contribution in [2.75, 3.05) is 18.0 Å². The maximum absolute atomic E-state index is 3.25. The van der Waals surface area contributed by atoms with Gasteiger partial charge >= 0.3 is 0 Å². The van der Waals surface area contributed by atoms with Gasteiger partial charge in [0.25, 0.3) is 0 Å². The molecule has 0 aromatic heterocycles. The van der Waals surface area contributed by atoms with Crippen LogP contribution >= 0.6 is 0 Å². The van der Waals surface area contributed by atoms with Gasteiger partial charge in [0, 0.05) is 18.8 Å². The van der Waals surface area contributed by atoms with E-state index in [0.717, 1.165) is 0 Å². The van der Waals surface area contributed by atoms with Crippen LogP contribution < -0.4 is 4.90 Å². The van der Waals surface area contributed by atoms with E-state index in [9.17, 15) is 0 Å². The van der Waals surface area contributed by atoms with Crippen molar-refractivity contribution in [2.24, 2.45) is 0 Å². The van der Waals surface area contributed by atoms with Crippen LogP contribution in [-0.4, -0.2) is 13.1 Å². The molecule has 0 spiro atoms. The smallest absolute Gasteiger partial charge is 0.0369 e. The van der Waals surface area contributed by atoms with Crippen LogP contribution in [0.5, 0.6) is 0 Å². The standard InChI is InChI=1S/C19H32N/c1-4-6-8-10-15-20(16-11-9-7-5-2)19-14-12-13-18(3)17-19/h12,14,17H,4-11,15-16H2,1-3H3. The quantitative estimate of drug-likeness (QED) is 0.463. The highest BCUT2D eigenvalue weighted by Gasteiger charge is 2.06. The van der Waals surface area contributed by atoms with Crippen LogP contribution in [0.1, 0.15) is 70.8 Å². The van der Waals surface area contributed by atoms with Gasteiger partial charge < -0.3 is 4.90 Å². The van der Waals surface area contributed by atoms with Crippen molar-refractivity contribution in [1.82, 2.24) is 0 Å². The predicted molar refractivity (Wildman–Crippen MR) is 90.5 cm³/mol. The Morgan fingerprint density at radius 3 is 2.00 bits per heavy atom. The van der Waals surface area contributed by atoms with Gasteiger partial charge in [-0.25, -0.2) is 0 Å². The summed E-state index contributed by atoms with van der Waals surface area (Å²) < 4.78 is 0. The zero-order valence-corrected chi connectivity index (χ0v) is 13.8. The van der Waals surface area contributed by atoms with Gasteiger partial charge in [-0.2, -0.15) is 0 Å². The van der Waals surface area contributed by atoms with Crippen LogP contribution in [0.2, 0.25) is 0 Å². The Labute approximate surface area is 126 Å². The van der Waals surface area contributed by atoms with E-state index < -0.39 is 0 Å². The number of anilines is 1. The molecule has 0 atom stereocenters. The lowest BCUT2D eigenvalue weighted by Crippen LogP contribution is -2.25. The zero-order chi connectivity index (χ0) is 14.6. The molecular weight excluding hydrogens is 242 g/mol. The Bertz CT molecular complexity index is 333. The van der Waals surface area contributed by atoms with Crippen molar-refractivity contribution in [1.29, 1.82) is 0 Å². The maximum Gasteiger partial charge on any atom is 0.0369 e. The molecule has 0 bridgehead atoms. The minimum Gasteiger partial charge on any atom is -0.372 e. The fraction of sp³-hybridized carbons (Fsp3) is 0.684. The summed E-state index contributed by atoms with van der Waals surface area (Å²) in [6.45, 7) is 9.10. The SMILES string of the molecule is CCCCCCN(CCCCCC)c1cc[c]c(C)c1. The molecule has 1 rings (SSSR count). The average molecular weight is 274 g/mol. The molecule has 0 N–H and O–H groups in total. The summed E-state index contributed by atoms with van der Waals surface area (Å²) >= 11 is 0. The summed E-state index contributed by atoms with van der Waals surface area (Å²) in [6.07, 6.45) is 10.7. The van der Waals surface area contributed by atoms with Gasteiger partial charge in [0.1, 0.15) is 0 Å². The van der Waals surface area contributed by atoms with Crippen LogP contribution in [0.4, 0.5) is 5.69 Å². The number of aryl methyl sites for hydroxylation is 1. The van der Waals surface area contributed by atoms with Crippen LogP contribution in [-0.2, 0) is 0 Å². The Balaban J connectivity index is 2.49. The van der Waals surface area contributed by atoms with Crippen LogP contribution in [0.25, 0.3) is 0 Å². The van der Waals surface area contributed by atoms with Crippen LogP contribution in [0.15, 0.2) is 18.2 Å². The lowest BCUT2D eigenvalue weighted by molar-refractivity contribution is 0.609. The second-order valence-electron chi connectivity index (χ2n) is 5.84. The third-order valence-electron chi connectivity index (χ3n) is 3.86. The van der Waals surface area contributed by atoms with Gasteiger partial charge in [0.15, 0.2) is 0 Å². The molecule has 0 saturated carbocycles. The zero-order valence-electron chi connectivity index (χ0n) is 13.8. The summed E-state index contributed by atoms with van der Waals surface area (Å²) in [7, 11) is 0. The first kappa shape index (κ1) is 17.1. The van der Waals surface area contributed by atoms with Crippen molar-refractivity contribution in [3.05, 3.63) is 29.8 Å². The van der Waals surface area contributed by atoms with Crippen LogP contribution in [0.3, 0.4) is 0 Å². The van der Waals surface area contributed by atoms with E-state index >= 15 is 0 Å². The highest BCUT2D eigenvalue weighted by molar-refractivity contribution is 5.47. The molecule has 0 unspecified atom stereocenters. The molecule has 0 aliphatic carbocycles. The van der Waals surface area contributed by atoms with Gasteiger partial charge in [-0.1, -0.05) is 58.4 Å². The molecule has 0 amide bonds. The lowest BCUT2D eigenvalue weighted by atomic mass is 10.1. The van der Waals surface area contributed by atoms with Crippen molar-refractivity contribution in [2.45, 2.75) is 72.1 Å². The summed E-state index contributed by atoms with van der Waals surface area (Å²) in [5.41, 5.74) is 2.63. The maximum atomic E-state index is 3.25. The van der Waals surface area contributed by atoms with Crippen molar-refractivity contribution >= 4 is 5.69 Å². The molecule has 113 valence electrons. The monoisotopic (exact) mass is 274 g/mol. The molecule has 1 aromatic rings. The fourth-order valence-electron chi connectivity index (χ4n) is 2.60. The highest BCUT2D eigenvalue weighted by Crippen LogP contribution is 2.18. The first-order valence-electron chi connectivity index (χ1n) is 8.51. The van der Waals surface area contributed by atoms with E-state index in [-0.39, 0.29) is 0 Å². The van der Waals surface area contributed by atoms with E-state index in [0.29, 0.717) is 0 Å². The molecule has 1 aromatic carbocycles. The van der Waals surface area contributed by atoms with Crippen molar-refractivity contribution in [3.63, 3.8) is 0 Å². The number of nitrogens with zero attached hydrogens (tertiary/aromatic N) is 1. The van der Waals surface area contributed by atoms with Gasteiger partial charge in [-0.15, -0.1) is 0 Å². The number of rotatable bonds is 11. The molecule has 0 aliphatic heterocycles. The van der Waals surface area contributed by atoms with E-state index in [1.54, 1.807) is 0 Å². The molecular formula is C19H32N. The Kier molecular flexibility index (Phi) is 9.19. The fourth-order valence-corrected chi connectivity index (χ4v) is 2.60. The van der Waals surface area contributed by atoms with Crippen LogP contribution in [0, 0.1) is 13.0 Å². The normalized spacial score (nSPS) is 10.8. The third kappa shape index (κ3) is 6.98.